The van der Waals surface area contributed by atoms with Gasteiger partial charge in [0.2, 0.25) is 0 Å². The average Bonchev–Trinajstić information content (AvgIpc) is 2.47. The lowest BCUT2D eigenvalue weighted by atomic mass is 10.3. The Morgan fingerprint density at radius 1 is 1.00 bits per heavy atom. The lowest BCUT2D eigenvalue weighted by Crippen LogP contribution is -2.34. The zero-order valence-corrected chi connectivity index (χ0v) is 13.1. The van der Waals surface area contributed by atoms with Crippen LogP contribution in [0.2, 0.25) is 15.1 Å². The van der Waals surface area contributed by atoms with E-state index in [9.17, 15) is 4.79 Å². The van der Waals surface area contributed by atoms with E-state index in [-0.39, 0.29) is 10.8 Å². The number of benzene rings is 2. The molecule has 0 radical (unpaired) electrons. The van der Waals surface area contributed by atoms with Gasteiger partial charge in [0.15, 0.2) is 5.75 Å². The van der Waals surface area contributed by atoms with Crippen molar-refractivity contribution in [2.24, 2.45) is 0 Å². The molecule has 110 valence electrons. The Bertz CT molecular complexity index is 646. The normalized spacial score (nSPS) is 10.1. The Kier molecular flexibility index (Phi) is 5.17. The van der Waals surface area contributed by atoms with E-state index in [4.69, 9.17) is 44.4 Å². The highest BCUT2D eigenvalue weighted by molar-refractivity contribution is 6.35. The highest BCUT2D eigenvalue weighted by Gasteiger charge is 2.20. The number of carbonyl (C=O) groups excluding carboxylic acids is 1. The number of ether oxygens (including phenoxy) is 1. The maximum absolute atomic E-state index is 11.9. The van der Waals surface area contributed by atoms with Gasteiger partial charge >= 0.3 is 6.09 Å². The maximum atomic E-state index is 11.9. The van der Waals surface area contributed by atoms with Gasteiger partial charge < -0.3 is 9.57 Å². The highest BCUT2D eigenvalue weighted by atomic mass is 35.5. The summed E-state index contributed by atoms with van der Waals surface area (Å²) in [4.78, 5) is 17.4. The molecule has 4 nitrogen and oxygen atoms in total. The third kappa shape index (κ3) is 3.94. The molecule has 0 aliphatic heterocycles. The molecule has 21 heavy (non-hydrogen) atoms. The van der Waals surface area contributed by atoms with Crippen molar-refractivity contribution in [1.29, 1.82) is 0 Å². The Morgan fingerprint density at radius 3 is 2.19 bits per heavy atom. The van der Waals surface area contributed by atoms with Crippen LogP contribution in [0.5, 0.6) is 5.75 Å². The summed E-state index contributed by atoms with van der Waals surface area (Å²) in [5.41, 5.74) is 0.442. The van der Waals surface area contributed by atoms with E-state index in [1.54, 1.807) is 36.4 Å². The number of halogens is 3. The first-order valence-electron chi connectivity index (χ1n) is 5.78. The van der Waals surface area contributed by atoms with E-state index in [2.05, 4.69) is 0 Å². The minimum Gasteiger partial charge on any atom is -0.450 e. The van der Waals surface area contributed by atoms with Gasteiger partial charge in [0.1, 0.15) is 0 Å². The van der Waals surface area contributed by atoms with E-state index in [0.717, 1.165) is 5.06 Å². The molecule has 0 aliphatic carbocycles. The molecule has 0 heterocycles. The molecule has 0 saturated heterocycles. The molecule has 2 aromatic rings. The number of hydrogen-bond donors (Lipinski definition) is 0. The summed E-state index contributed by atoms with van der Waals surface area (Å²) < 4.78 is 4.69. The summed E-state index contributed by atoms with van der Waals surface area (Å²) in [5.74, 6) is 0.265. The standard InChI is InChI=1S/C14H10Cl3NO3/c1-20-14(19)18(11-5-2-9(15)3-6-11)21-13-7-4-10(16)8-12(13)17/h2-8H,1H3. The van der Waals surface area contributed by atoms with Crippen LogP contribution in [0.4, 0.5) is 10.5 Å². The fourth-order valence-corrected chi connectivity index (χ4v) is 2.07. The van der Waals surface area contributed by atoms with Crippen LogP contribution in [0.3, 0.4) is 0 Å². The second-order valence-electron chi connectivity index (χ2n) is 3.91. The maximum Gasteiger partial charge on any atom is 0.447 e. The van der Waals surface area contributed by atoms with Crippen LogP contribution < -0.4 is 9.90 Å². The van der Waals surface area contributed by atoms with Crippen molar-refractivity contribution in [3.8, 4) is 5.75 Å². The van der Waals surface area contributed by atoms with Crippen LogP contribution in [-0.4, -0.2) is 13.2 Å². The number of carbonyl (C=O) groups is 1. The van der Waals surface area contributed by atoms with Gasteiger partial charge in [-0.15, -0.1) is 5.06 Å². The van der Waals surface area contributed by atoms with E-state index in [1.807, 2.05) is 0 Å². The molecule has 1 amide bonds. The van der Waals surface area contributed by atoms with Crippen molar-refractivity contribution in [3.63, 3.8) is 0 Å². The van der Waals surface area contributed by atoms with E-state index in [1.165, 1.54) is 13.2 Å². The van der Waals surface area contributed by atoms with Crippen molar-refractivity contribution < 1.29 is 14.4 Å². The van der Waals surface area contributed by atoms with Gasteiger partial charge in [-0.3, -0.25) is 0 Å². The first kappa shape index (κ1) is 15.8. The van der Waals surface area contributed by atoms with Crippen molar-refractivity contribution in [1.82, 2.24) is 0 Å². The van der Waals surface area contributed by atoms with Crippen molar-refractivity contribution in [3.05, 3.63) is 57.5 Å². The fourth-order valence-electron chi connectivity index (χ4n) is 1.50. The Morgan fingerprint density at radius 2 is 1.62 bits per heavy atom. The Hall–Kier alpha value is -1.62. The smallest absolute Gasteiger partial charge is 0.447 e. The van der Waals surface area contributed by atoms with Gasteiger partial charge in [0.25, 0.3) is 0 Å². The number of methoxy groups -OCH3 is 1. The number of anilines is 1. The lowest BCUT2D eigenvalue weighted by molar-refractivity contribution is 0.148. The Labute approximate surface area is 136 Å². The molecule has 0 spiro atoms. The van der Waals surface area contributed by atoms with Crippen LogP contribution in [0.25, 0.3) is 0 Å². The average molecular weight is 347 g/mol. The van der Waals surface area contributed by atoms with Gasteiger partial charge in [-0.05, 0) is 42.5 Å². The summed E-state index contributed by atoms with van der Waals surface area (Å²) in [5, 5.41) is 2.23. The summed E-state index contributed by atoms with van der Waals surface area (Å²) in [6.45, 7) is 0. The third-order valence-corrected chi connectivity index (χ3v) is 3.27. The van der Waals surface area contributed by atoms with E-state index < -0.39 is 6.09 Å². The molecule has 0 bridgehead atoms. The van der Waals surface area contributed by atoms with Crippen LogP contribution in [-0.2, 0) is 4.74 Å². The summed E-state index contributed by atoms with van der Waals surface area (Å²) in [6, 6.07) is 11.1. The van der Waals surface area contributed by atoms with Crippen LogP contribution in [0.15, 0.2) is 42.5 Å². The van der Waals surface area contributed by atoms with Crippen molar-refractivity contribution in [2.45, 2.75) is 0 Å². The monoisotopic (exact) mass is 345 g/mol. The summed E-state index contributed by atoms with van der Waals surface area (Å²) in [7, 11) is 1.25. The molecule has 0 aliphatic rings. The molecule has 2 aromatic carbocycles. The quantitative estimate of drug-likeness (QED) is 0.716. The third-order valence-electron chi connectivity index (χ3n) is 2.49. The van der Waals surface area contributed by atoms with E-state index in [0.29, 0.717) is 15.7 Å². The minimum atomic E-state index is -0.705. The second kappa shape index (κ2) is 6.89. The zero-order valence-electron chi connectivity index (χ0n) is 10.8. The Balaban J connectivity index is 2.32. The van der Waals surface area contributed by atoms with Crippen LogP contribution >= 0.6 is 34.8 Å². The number of amides is 1. The van der Waals surface area contributed by atoms with Gasteiger partial charge in [0, 0.05) is 10.0 Å². The first-order chi connectivity index (χ1) is 10.0. The van der Waals surface area contributed by atoms with Gasteiger partial charge in [0.05, 0.1) is 17.8 Å². The molecule has 0 fully saturated rings. The molecular formula is C14H10Cl3NO3. The molecule has 0 N–H and O–H groups in total. The molecule has 0 aromatic heterocycles. The predicted octanol–water partition coefficient (Wildman–Crippen LogP) is 5.21. The number of hydrogen-bond acceptors (Lipinski definition) is 3. The summed E-state index contributed by atoms with van der Waals surface area (Å²) >= 11 is 17.7. The number of hydroxylamine groups is 1. The number of rotatable bonds is 3. The SMILES string of the molecule is COC(=O)N(Oc1ccc(Cl)cc1Cl)c1ccc(Cl)cc1. The van der Waals surface area contributed by atoms with Crippen molar-refractivity contribution in [2.75, 3.05) is 12.2 Å². The van der Waals surface area contributed by atoms with Gasteiger partial charge in [-0.2, -0.15) is 0 Å². The van der Waals surface area contributed by atoms with Crippen LogP contribution in [0.1, 0.15) is 0 Å². The van der Waals surface area contributed by atoms with Crippen molar-refractivity contribution >= 4 is 46.6 Å². The van der Waals surface area contributed by atoms with Gasteiger partial charge in [-0.25, -0.2) is 4.79 Å². The first-order valence-corrected chi connectivity index (χ1v) is 6.91. The molecule has 2 rings (SSSR count). The number of nitrogens with zero attached hydrogens (tertiary/aromatic N) is 1. The largest absolute Gasteiger partial charge is 0.450 e. The highest BCUT2D eigenvalue weighted by Crippen LogP contribution is 2.30. The lowest BCUT2D eigenvalue weighted by Gasteiger charge is -2.21. The zero-order chi connectivity index (χ0) is 15.4. The second-order valence-corrected chi connectivity index (χ2v) is 5.19. The fraction of sp³-hybridized carbons (Fsp3) is 0.0714. The molecule has 0 saturated carbocycles. The topological polar surface area (TPSA) is 38.8 Å². The molecular weight excluding hydrogens is 337 g/mol. The minimum absolute atomic E-state index is 0.265. The van der Waals surface area contributed by atoms with E-state index >= 15 is 0 Å². The molecule has 0 unspecified atom stereocenters. The van der Waals surface area contributed by atoms with Gasteiger partial charge in [-0.1, -0.05) is 34.8 Å². The van der Waals surface area contributed by atoms with Crippen LogP contribution in [0, 0.1) is 0 Å². The molecule has 0 atom stereocenters. The molecule has 7 heteroatoms. The predicted molar refractivity (Wildman–Crippen MR) is 83.4 cm³/mol. The summed E-state index contributed by atoms with van der Waals surface area (Å²) in [6.07, 6.45) is -0.705.